The Bertz CT molecular complexity index is 1700. The van der Waals surface area contributed by atoms with E-state index >= 15 is 0 Å². The van der Waals surface area contributed by atoms with Crippen LogP contribution in [0.25, 0.3) is 6.08 Å². The summed E-state index contributed by atoms with van der Waals surface area (Å²) in [4.78, 5) is 46.1. The van der Waals surface area contributed by atoms with E-state index in [1.165, 1.54) is 11.0 Å². The molecule has 0 aromatic heterocycles. The zero-order valence-electron chi connectivity index (χ0n) is 24.4. The minimum atomic E-state index is -0.764. The monoisotopic (exact) mass is 680 g/mol. The van der Waals surface area contributed by atoms with E-state index in [4.69, 9.17) is 10.00 Å². The Labute approximate surface area is 274 Å². The number of nitrogens with zero attached hydrogens (tertiary/aromatic N) is 3. The zero-order valence-corrected chi connectivity index (χ0v) is 26.8. The van der Waals surface area contributed by atoms with Crippen LogP contribution in [-0.4, -0.2) is 40.1 Å². The maximum atomic E-state index is 14.0. The minimum Gasteiger partial charge on any atom is -0.478 e. The van der Waals surface area contributed by atoms with Crippen molar-refractivity contribution in [2.75, 3.05) is 12.4 Å². The molecular weight excluding hydrogens is 652 g/mol. The third-order valence-electron chi connectivity index (χ3n) is 6.48. The number of amides is 3. The van der Waals surface area contributed by atoms with Crippen molar-refractivity contribution >= 4 is 56.7 Å². The third-order valence-corrected chi connectivity index (χ3v) is 7.91. The van der Waals surface area contributed by atoms with Gasteiger partial charge in [-0.3, -0.25) is 19.3 Å². The predicted molar refractivity (Wildman–Crippen MR) is 181 cm³/mol. The summed E-state index contributed by atoms with van der Waals surface area (Å²) < 4.78 is 6.19. The van der Waals surface area contributed by atoms with Crippen LogP contribution in [0.2, 0.25) is 0 Å². The van der Waals surface area contributed by atoms with Crippen LogP contribution in [0.1, 0.15) is 29.7 Å². The molecule has 0 bridgehead atoms. The smallest absolute Gasteiger partial charge is 0.285 e. The Balaban J connectivity index is 1.65. The van der Waals surface area contributed by atoms with Crippen LogP contribution in [0, 0.1) is 11.3 Å². The highest BCUT2D eigenvalue weighted by Crippen LogP contribution is 2.30. The molecule has 3 aromatic carbocycles. The summed E-state index contributed by atoms with van der Waals surface area (Å²) in [6.07, 6.45) is 7.97. The lowest BCUT2D eigenvalue weighted by molar-refractivity contribution is -0.126. The van der Waals surface area contributed by atoms with E-state index in [1.54, 1.807) is 49.4 Å². The normalized spacial score (nSPS) is 14.4. The molecule has 8 nitrogen and oxygen atoms in total. The van der Waals surface area contributed by atoms with Crippen molar-refractivity contribution in [3.63, 3.8) is 0 Å². The van der Waals surface area contributed by atoms with E-state index in [-0.39, 0.29) is 29.0 Å². The molecule has 0 aliphatic carbocycles. The van der Waals surface area contributed by atoms with E-state index < -0.39 is 17.9 Å². The number of ether oxygens (including phenoxy) is 1. The molecule has 4 rings (SSSR count). The molecule has 10 heteroatoms. The van der Waals surface area contributed by atoms with Crippen LogP contribution in [0.5, 0.6) is 5.75 Å². The molecule has 1 N–H and O–H groups in total. The number of halogens is 1. The number of hydrogen-bond acceptors (Lipinski definition) is 6. The Morgan fingerprint density at radius 2 is 1.78 bits per heavy atom. The van der Waals surface area contributed by atoms with Crippen molar-refractivity contribution in [2.45, 2.75) is 13.0 Å². The maximum absolute atomic E-state index is 14.0. The second-order valence-electron chi connectivity index (χ2n) is 9.45. The fourth-order valence-corrected chi connectivity index (χ4v) is 5.61. The van der Waals surface area contributed by atoms with Crippen molar-refractivity contribution in [2.24, 2.45) is 4.99 Å². The van der Waals surface area contributed by atoms with Gasteiger partial charge in [-0.25, -0.2) is 0 Å². The van der Waals surface area contributed by atoms with Crippen LogP contribution < -0.4 is 10.1 Å². The van der Waals surface area contributed by atoms with Gasteiger partial charge in [0.1, 0.15) is 17.4 Å². The van der Waals surface area contributed by atoms with Crippen LogP contribution >= 0.6 is 27.7 Å². The molecule has 1 aliphatic rings. The number of carbonyl (C=O) groups excluding carboxylic acids is 3. The number of aliphatic imine (C=N–C) groups is 1. The molecule has 0 saturated carbocycles. The maximum Gasteiger partial charge on any atom is 0.285 e. The molecule has 0 atom stereocenters. The lowest BCUT2D eigenvalue weighted by atomic mass is 9.99. The molecular formula is C35H29BrN4O4S. The molecule has 0 saturated heterocycles. The summed E-state index contributed by atoms with van der Waals surface area (Å²) >= 11 is 4.38. The lowest BCUT2D eigenvalue weighted by Crippen LogP contribution is -2.42. The Kier molecular flexibility index (Phi) is 11.8. The minimum absolute atomic E-state index is 0.0604. The van der Waals surface area contributed by atoms with Gasteiger partial charge in [-0.05, 0) is 48.4 Å². The van der Waals surface area contributed by atoms with Gasteiger partial charge in [-0.1, -0.05) is 113 Å². The summed E-state index contributed by atoms with van der Waals surface area (Å²) in [7, 11) is 0. The van der Waals surface area contributed by atoms with Gasteiger partial charge in [-0.15, -0.1) is 0 Å². The number of thioether (sulfide) groups is 1. The quantitative estimate of drug-likeness (QED) is 0.136. The molecule has 0 radical (unpaired) electrons. The predicted octanol–water partition coefficient (Wildman–Crippen LogP) is 6.74. The van der Waals surface area contributed by atoms with Crippen LogP contribution in [0.15, 0.2) is 130 Å². The summed E-state index contributed by atoms with van der Waals surface area (Å²) in [5.41, 5.74) is 2.47. The molecule has 0 fully saturated rings. The Morgan fingerprint density at radius 1 is 1.11 bits per heavy atom. The van der Waals surface area contributed by atoms with E-state index in [9.17, 15) is 14.4 Å². The van der Waals surface area contributed by atoms with E-state index in [0.29, 0.717) is 21.5 Å². The zero-order chi connectivity index (χ0) is 32.2. The molecule has 0 unspecified atom stereocenters. The first-order valence-electron chi connectivity index (χ1n) is 13.8. The van der Waals surface area contributed by atoms with Crippen molar-refractivity contribution in [1.29, 1.82) is 5.26 Å². The Hall–Kier alpha value is -4.98. The SMILES string of the molecule is C=C/C=C\C(=C/C)N1C(=O)/C(=C/c2cc(Br)ccc2OCC#N)C(=O)N=C1SCC(=O)NC(c1ccccc1)c1ccccc1. The topological polar surface area (TPSA) is 112 Å². The largest absolute Gasteiger partial charge is 0.478 e. The number of amidine groups is 1. The first kappa shape index (κ1) is 32.9. The average molecular weight is 682 g/mol. The lowest BCUT2D eigenvalue weighted by Gasteiger charge is -2.28. The number of nitriles is 1. The standard InChI is InChI=1S/C35H29BrN4O4S/c1-3-5-16-28(4-2)40-34(43)29(22-26-21-27(36)17-18-30(26)44-20-19-37)33(42)39-35(40)45-23-31(41)38-32(24-12-8-6-9-13-24)25-14-10-7-11-15-25/h3-18,21-22,32H,1,20,23H2,2H3,(H,38,41)/b16-5-,28-4+,29-22+. The Morgan fingerprint density at radius 3 is 2.38 bits per heavy atom. The first-order valence-corrected chi connectivity index (χ1v) is 15.6. The van der Waals surface area contributed by atoms with Crippen molar-refractivity contribution in [1.82, 2.24) is 10.2 Å². The molecule has 0 spiro atoms. The van der Waals surface area contributed by atoms with Gasteiger partial charge in [0.15, 0.2) is 11.8 Å². The van der Waals surface area contributed by atoms with Gasteiger partial charge in [0.25, 0.3) is 11.8 Å². The van der Waals surface area contributed by atoms with E-state index in [1.807, 2.05) is 66.7 Å². The van der Waals surface area contributed by atoms with Crippen LogP contribution in [0.4, 0.5) is 0 Å². The van der Waals surface area contributed by atoms with Gasteiger partial charge < -0.3 is 10.1 Å². The number of benzene rings is 3. The molecule has 1 aliphatic heterocycles. The van der Waals surface area contributed by atoms with Gasteiger partial charge in [0.05, 0.1) is 11.8 Å². The molecule has 1 heterocycles. The van der Waals surface area contributed by atoms with E-state index in [2.05, 4.69) is 32.8 Å². The van der Waals surface area contributed by atoms with E-state index in [0.717, 1.165) is 22.9 Å². The van der Waals surface area contributed by atoms with Crippen LogP contribution in [0.3, 0.4) is 0 Å². The molecule has 226 valence electrons. The summed E-state index contributed by atoms with van der Waals surface area (Å²) in [5.74, 6) is -1.48. The first-order chi connectivity index (χ1) is 21.9. The van der Waals surface area contributed by atoms with Gasteiger partial charge >= 0.3 is 0 Å². The number of carbonyl (C=O) groups is 3. The summed E-state index contributed by atoms with van der Waals surface area (Å²) in [6, 6.07) is 25.8. The molecule has 45 heavy (non-hydrogen) atoms. The molecule has 3 aromatic rings. The average Bonchev–Trinajstić information content (AvgIpc) is 3.06. The highest BCUT2D eigenvalue weighted by Gasteiger charge is 2.35. The third kappa shape index (κ3) is 8.56. The van der Waals surface area contributed by atoms with Crippen molar-refractivity contribution in [3.05, 3.63) is 142 Å². The fourth-order valence-electron chi connectivity index (χ4n) is 4.42. The number of hydrogen-bond donors (Lipinski definition) is 1. The number of allylic oxidation sites excluding steroid dienone is 4. The highest BCUT2D eigenvalue weighted by molar-refractivity contribution is 9.10. The number of rotatable bonds is 11. The second kappa shape index (κ2) is 16.2. The molecule has 3 amide bonds. The summed E-state index contributed by atoms with van der Waals surface area (Å²) in [5, 5.41) is 12.1. The summed E-state index contributed by atoms with van der Waals surface area (Å²) in [6.45, 7) is 5.24. The second-order valence-corrected chi connectivity index (χ2v) is 11.3. The van der Waals surface area contributed by atoms with Gasteiger partial charge in [-0.2, -0.15) is 10.3 Å². The van der Waals surface area contributed by atoms with Crippen molar-refractivity contribution < 1.29 is 19.1 Å². The fraction of sp³-hybridized carbons (Fsp3) is 0.114. The van der Waals surface area contributed by atoms with Crippen LogP contribution in [-0.2, 0) is 14.4 Å². The number of nitrogens with one attached hydrogen (secondary N) is 1. The highest BCUT2D eigenvalue weighted by atomic mass is 79.9. The van der Waals surface area contributed by atoms with Crippen molar-refractivity contribution in [3.8, 4) is 11.8 Å². The van der Waals surface area contributed by atoms with Gasteiger partial charge in [0, 0.05) is 15.7 Å². The van der Waals surface area contributed by atoms with Gasteiger partial charge in [0.2, 0.25) is 5.91 Å².